The number of likely N-dealkylation sites (tertiary alicyclic amines) is 1. The van der Waals surface area contributed by atoms with Crippen molar-refractivity contribution in [3.8, 4) is 11.5 Å². The molecule has 0 unspecified atom stereocenters. The number of ether oxygens (including phenoxy) is 2. The second-order valence-electron chi connectivity index (χ2n) is 6.20. The molecule has 0 saturated carbocycles. The molecule has 26 heavy (non-hydrogen) atoms. The van der Waals surface area contributed by atoms with Crippen molar-refractivity contribution in [1.82, 2.24) is 10.2 Å². The summed E-state index contributed by atoms with van der Waals surface area (Å²) >= 11 is 0. The van der Waals surface area contributed by atoms with E-state index in [4.69, 9.17) is 9.47 Å². The van der Waals surface area contributed by atoms with Crippen LogP contribution >= 0.6 is 0 Å². The fourth-order valence-electron chi connectivity index (χ4n) is 2.87. The van der Waals surface area contributed by atoms with Gasteiger partial charge in [0, 0.05) is 25.7 Å². The van der Waals surface area contributed by atoms with Gasteiger partial charge in [0.2, 0.25) is 0 Å². The standard InChI is InChI=1S/C19H28N4O3/c1-5-20-14(2)21-13-15-8-10-23(11-9-15)19(24)22-17-7-6-16(25-3)12-18(17)26-4/h5-7,12,15H,1,8-11,13H2,2-4H3,(H,20,21)(H,22,24). The molecule has 7 heteroatoms. The maximum absolute atomic E-state index is 12.5. The minimum absolute atomic E-state index is 0.111. The number of aliphatic imine (C=N–C) groups is 1. The molecule has 0 atom stereocenters. The fraction of sp³-hybridized carbons (Fsp3) is 0.474. The Labute approximate surface area is 155 Å². The maximum Gasteiger partial charge on any atom is 0.321 e. The van der Waals surface area contributed by atoms with Crippen LogP contribution in [0.1, 0.15) is 19.8 Å². The monoisotopic (exact) mass is 360 g/mol. The Balaban J connectivity index is 1.87. The molecule has 142 valence electrons. The molecule has 0 bridgehead atoms. The highest BCUT2D eigenvalue weighted by atomic mass is 16.5. The van der Waals surface area contributed by atoms with E-state index in [0.717, 1.165) is 38.3 Å². The fourth-order valence-corrected chi connectivity index (χ4v) is 2.87. The number of nitrogens with one attached hydrogen (secondary N) is 2. The molecule has 1 heterocycles. The molecular weight excluding hydrogens is 332 g/mol. The van der Waals surface area contributed by atoms with Gasteiger partial charge in [-0.15, -0.1) is 0 Å². The molecule has 0 spiro atoms. The van der Waals surface area contributed by atoms with E-state index in [1.54, 1.807) is 38.6 Å². The van der Waals surface area contributed by atoms with Crippen molar-refractivity contribution in [2.75, 3.05) is 39.2 Å². The summed E-state index contributed by atoms with van der Waals surface area (Å²) in [6, 6.07) is 5.22. The summed E-state index contributed by atoms with van der Waals surface area (Å²) in [4.78, 5) is 18.9. The Morgan fingerprint density at radius 3 is 2.69 bits per heavy atom. The quantitative estimate of drug-likeness (QED) is 0.604. The van der Waals surface area contributed by atoms with Gasteiger partial charge in [-0.3, -0.25) is 4.99 Å². The number of amidine groups is 1. The van der Waals surface area contributed by atoms with E-state index in [9.17, 15) is 4.79 Å². The highest BCUT2D eigenvalue weighted by Crippen LogP contribution is 2.29. The molecule has 1 aliphatic rings. The van der Waals surface area contributed by atoms with E-state index in [2.05, 4.69) is 22.2 Å². The van der Waals surface area contributed by atoms with E-state index in [1.807, 2.05) is 11.8 Å². The summed E-state index contributed by atoms with van der Waals surface area (Å²) in [6.45, 7) is 7.76. The van der Waals surface area contributed by atoms with Gasteiger partial charge in [0.25, 0.3) is 0 Å². The Morgan fingerprint density at radius 1 is 1.35 bits per heavy atom. The van der Waals surface area contributed by atoms with Gasteiger partial charge in [-0.1, -0.05) is 6.58 Å². The number of carbonyl (C=O) groups excluding carboxylic acids is 1. The number of nitrogens with zero attached hydrogens (tertiary/aromatic N) is 2. The van der Waals surface area contributed by atoms with Crippen LogP contribution in [0.5, 0.6) is 11.5 Å². The zero-order valence-electron chi connectivity index (χ0n) is 15.7. The van der Waals surface area contributed by atoms with Crippen LogP contribution in [0.2, 0.25) is 0 Å². The van der Waals surface area contributed by atoms with Crippen LogP contribution in [0.4, 0.5) is 10.5 Å². The Bertz CT molecular complexity index is 652. The van der Waals surface area contributed by atoms with E-state index in [1.165, 1.54) is 0 Å². The second kappa shape index (κ2) is 9.70. The molecular formula is C19H28N4O3. The number of amides is 2. The third-order valence-electron chi connectivity index (χ3n) is 4.45. The predicted octanol–water partition coefficient (Wildman–Crippen LogP) is 3.10. The number of benzene rings is 1. The number of piperidine rings is 1. The molecule has 1 saturated heterocycles. The van der Waals surface area contributed by atoms with Gasteiger partial charge in [0.15, 0.2) is 0 Å². The molecule has 1 aliphatic heterocycles. The number of carbonyl (C=O) groups is 1. The number of anilines is 1. The molecule has 2 amide bonds. The summed E-state index contributed by atoms with van der Waals surface area (Å²) in [5, 5.41) is 5.90. The molecule has 2 rings (SSSR count). The number of rotatable bonds is 6. The highest BCUT2D eigenvalue weighted by molar-refractivity contribution is 5.91. The molecule has 1 aromatic rings. The van der Waals surface area contributed by atoms with E-state index in [-0.39, 0.29) is 6.03 Å². The summed E-state index contributed by atoms with van der Waals surface area (Å²) in [5.74, 6) is 2.62. The Morgan fingerprint density at radius 2 is 2.08 bits per heavy atom. The SMILES string of the molecule is C=CNC(C)=NCC1CCN(C(=O)Nc2ccc(OC)cc2OC)CC1. The lowest BCUT2D eigenvalue weighted by molar-refractivity contribution is 0.184. The highest BCUT2D eigenvalue weighted by Gasteiger charge is 2.23. The van der Waals surface area contributed by atoms with Crippen LogP contribution in [0.3, 0.4) is 0 Å². The van der Waals surface area contributed by atoms with Crippen LogP contribution in [-0.2, 0) is 0 Å². The molecule has 0 radical (unpaired) electrons. The average Bonchev–Trinajstić information content (AvgIpc) is 2.67. The first-order chi connectivity index (χ1) is 12.6. The van der Waals surface area contributed by atoms with E-state index in [0.29, 0.717) is 23.1 Å². The molecule has 0 aliphatic carbocycles. The molecule has 2 N–H and O–H groups in total. The van der Waals surface area contributed by atoms with Crippen LogP contribution < -0.4 is 20.1 Å². The van der Waals surface area contributed by atoms with Crippen molar-refractivity contribution in [2.45, 2.75) is 19.8 Å². The van der Waals surface area contributed by atoms with Crippen molar-refractivity contribution in [3.63, 3.8) is 0 Å². The minimum Gasteiger partial charge on any atom is -0.497 e. The minimum atomic E-state index is -0.111. The number of urea groups is 1. The molecule has 1 fully saturated rings. The van der Waals surface area contributed by atoms with E-state index < -0.39 is 0 Å². The summed E-state index contributed by atoms with van der Waals surface area (Å²) < 4.78 is 10.5. The van der Waals surface area contributed by atoms with Gasteiger partial charge in [0.1, 0.15) is 11.5 Å². The third-order valence-corrected chi connectivity index (χ3v) is 4.45. The second-order valence-corrected chi connectivity index (χ2v) is 6.20. The van der Waals surface area contributed by atoms with Crippen LogP contribution in [-0.4, -0.2) is 50.6 Å². The van der Waals surface area contributed by atoms with Gasteiger partial charge in [0.05, 0.1) is 25.7 Å². The first-order valence-electron chi connectivity index (χ1n) is 8.73. The molecule has 7 nitrogen and oxygen atoms in total. The van der Waals surface area contributed by atoms with Gasteiger partial charge in [-0.2, -0.15) is 0 Å². The molecule has 0 aromatic heterocycles. The maximum atomic E-state index is 12.5. The molecule has 1 aromatic carbocycles. The van der Waals surface area contributed by atoms with Crippen LogP contribution in [0.25, 0.3) is 0 Å². The zero-order chi connectivity index (χ0) is 18.9. The normalized spacial score (nSPS) is 15.3. The first-order valence-corrected chi connectivity index (χ1v) is 8.73. The smallest absolute Gasteiger partial charge is 0.321 e. The van der Waals surface area contributed by atoms with Gasteiger partial charge >= 0.3 is 6.03 Å². The topological polar surface area (TPSA) is 75.2 Å². The van der Waals surface area contributed by atoms with Gasteiger partial charge in [-0.25, -0.2) is 4.79 Å². The van der Waals surface area contributed by atoms with Gasteiger partial charge < -0.3 is 25.0 Å². The largest absolute Gasteiger partial charge is 0.497 e. The van der Waals surface area contributed by atoms with Crippen LogP contribution in [0, 0.1) is 5.92 Å². The van der Waals surface area contributed by atoms with Crippen molar-refractivity contribution >= 4 is 17.6 Å². The van der Waals surface area contributed by atoms with Gasteiger partial charge in [-0.05, 0) is 44.0 Å². The summed E-state index contributed by atoms with van der Waals surface area (Å²) in [5.41, 5.74) is 0.635. The Hall–Kier alpha value is -2.70. The van der Waals surface area contributed by atoms with Crippen LogP contribution in [0.15, 0.2) is 36.0 Å². The number of hydrogen-bond acceptors (Lipinski definition) is 4. The van der Waals surface area contributed by atoms with Crippen molar-refractivity contribution in [1.29, 1.82) is 0 Å². The zero-order valence-corrected chi connectivity index (χ0v) is 15.7. The lowest BCUT2D eigenvalue weighted by Gasteiger charge is -2.31. The Kier molecular flexibility index (Phi) is 7.32. The van der Waals surface area contributed by atoms with Crippen molar-refractivity contribution in [2.24, 2.45) is 10.9 Å². The number of methoxy groups -OCH3 is 2. The summed E-state index contributed by atoms with van der Waals surface area (Å²) in [6.07, 6.45) is 3.51. The summed E-state index contributed by atoms with van der Waals surface area (Å²) in [7, 11) is 3.16. The average molecular weight is 360 g/mol. The lowest BCUT2D eigenvalue weighted by atomic mass is 9.97. The third kappa shape index (κ3) is 5.40. The van der Waals surface area contributed by atoms with Crippen molar-refractivity contribution < 1.29 is 14.3 Å². The van der Waals surface area contributed by atoms with Crippen molar-refractivity contribution in [3.05, 3.63) is 31.0 Å². The number of hydrogen-bond donors (Lipinski definition) is 2. The first kappa shape index (κ1) is 19.6. The lowest BCUT2D eigenvalue weighted by Crippen LogP contribution is -2.41. The van der Waals surface area contributed by atoms with E-state index >= 15 is 0 Å². The predicted molar refractivity (Wildman–Crippen MR) is 104 cm³/mol.